The lowest BCUT2D eigenvalue weighted by atomic mass is 9.92. The van der Waals surface area contributed by atoms with Gasteiger partial charge in [0, 0.05) is 0 Å². The number of alkyl halides is 3. The smallest absolute Gasteiger partial charge is 0.391 e. The Hall–Kier alpha value is -3.14. The van der Waals surface area contributed by atoms with Crippen LogP contribution in [0.5, 0.6) is 0 Å². The van der Waals surface area contributed by atoms with Gasteiger partial charge in [-0.05, 0) is 25.3 Å². The molecule has 0 unspecified atom stereocenters. The molecule has 1 amide bonds. The molecule has 31 heavy (non-hydrogen) atoms. The first-order chi connectivity index (χ1) is 14.7. The first-order valence-electron chi connectivity index (χ1n) is 9.95. The summed E-state index contributed by atoms with van der Waals surface area (Å²) in [6.07, 6.45) is -2.75. The number of carbonyl (C=O) groups excluding carboxylic acids is 1. The van der Waals surface area contributed by atoms with Crippen LogP contribution >= 0.6 is 0 Å². The number of carbonyl (C=O) groups is 1. The summed E-state index contributed by atoms with van der Waals surface area (Å²) in [5, 5.41) is 14.8. The molecule has 0 spiro atoms. The van der Waals surface area contributed by atoms with Crippen molar-refractivity contribution in [2.45, 2.75) is 50.9 Å². The summed E-state index contributed by atoms with van der Waals surface area (Å²) >= 11 is 0. The highest BCUT2D eigenvalue weighted by atomic mass is 19.4. The Morgan fingerprint density at radius 2 is 1.90 bits per heavy atom. The van der Waals surface area contributed by atoms with Crippen LogP contribution in [0.25, 0.3) is 16.8 Å². The summed E-state index contributed by atoms with van der Waals surface area (Å²) in [5.74, 6) is -0.764. The third kappa shape index (κ3) is 3.83. The number of fused-ring (bicyclic) bond motifs is 1. The lowest BCUT2D eigenvalue weighted by molar-refractivity contribution is -0.140. The molecule has 7 nitrogen and oxygen atoms in total. The number of nitrogens with zero attached hydrogens (tertiary/aromatic N) is 2. The number of aryl methyl sites for hydroxylation is 1. The zero-order valence-electron chi connectivity index (χ0n) is 16.7. The molecule has 0 bridgehead atoms. The van der Waals surface area contributed by atoms with Crippen molar-refractivity contribution in [2.24, 2.45) is 0 Å². The normalized spacial score (nSPS) is 19.5. The van der Waals surface area contributed by atoms with E-state index in [1.165, 1.54) is 19.1 Å². The molecular weight excluding hydrogens is 413 g/mol. The van der Waals surface area contributed by atoms with Crippen molar-refractivity contribution in [1.29, 1.82) is 0 Å². The molecule has 0 aliphatic heterocycles. The summed E-state index contributed by atoms with van der Waals surface area (Å²) < 4.78 is 41.9. The number of aliphatic hydroxyl groups is 1. The third-order valence-corrected chi connectivity index (χ3v) is 5.58. The van der Waals surface area contributed by atoms with Crippen LogP contribution in [0.4, 0.5) is 13.2 Å². The molecule has 1 aliphatic rings. The number of aromatic nitrogens is 3. The predicted molar refractivity (Wildman–Crippen MR) is 107 cm³/mol. The van der Waals surface area contributed by atoms with E-state index in [2.05, 4.69) is 15.4 Å². The van der Waals surface area contributed by atoms with Gasteiger partial charge in [-0.25, -0.2) is 4.98 Å². The molecule has 10 heteroatoms. The maximum Gasteiger partial charge on any atom is 0.433 e. The van der Waals surface area contributed by atoms with Crippen molar-refractivity contribution in [3.05, 3.63) is 57.6 Å². The Morgan fingerprint density at radius 1 is 1.23 bits per heavy atom. The Morgan fingerprint density at radius 3 is 2.55 bits per heavy atom. The van der Waals surface area contributed by atoms with Crippen LogP contribution in [0.15, 0.2) is 35.1 Å². The molecule has 1 aliphatic carbocycles. The van der Waals surface area contributed by atoms with Gasteiger partial charge in [-0.3, -0.25) is 14.7 Å². The largest absolute Gasteiger partial charge is 0.433 e. The third-order valence-electron chi connectivity index (χ3n) is 5.58. The highest BCUT2D eigenvalue weighted by molar-refractivity contribution is 5.95. The second-order valence-electron chi connectivity index (χ2n) is 7.69. The Bertz CT molecular complexity index is 1180. The van der Waals surface area contributed by atoms with Gasteiger partial charge in [0.15, 0.2) is 5.65 Å². The molecule has 2 aromatic heterocycles. The molecule has 1 fully saturated rings. The first kappa shape index (κ1) is 21.1. The van der Waals surface area contributed by atoms with Gasteiger partial charge in [-0.1, -0.05) is 43.2 Å². The van der Waals surface area contributed by atoms with Crippen LogP contribution in [0.2, 0.25) is 0 Å². The van der Waals surface area contributed by atoms with E-state index in [0.717, 1.165) is 12.8 Å². The number of benzene rings is 1. The van der Waals surface area contributed by atoms with Crippen LogP contribution in [0, 0.1) is 6.92 Å². The highest BCUT2D eigenvalue weighted by Gasteiger charge is 2.38. The van der Waals surface area contributed by atoms with Crippen LogP contribution in [-0.2, 0) is 6.18 Å². The van der Waals surface area contributed by atoms with Crippen molar-refractivity contribution in [3.63, 3.8) is 0 Å². The van der Waals surface area contributed by atoms with E-state index in [-0.39, 0.29) is 28.0 Å². The Kier molecular flexibility index (Phi) is 5.34. The molecule has 0 saturated heterocycles. The maximum absolute atomic E-state index is 13.7. The molecule has 1 aromatic carbocycles. The van der Waals surface area contributed by atoms with Crippen molar-refractivity contribution in [1.82, 2.24) is 19.9 Å². The molecule has 3 N–H and O–H groups in total. The van der Waals surface area contributed by atoms with Gasteiger partial charge in [0.25, 0.3) is 11.5 Å². The zero-order chi connectivity index (χ0) is 22.3. The lowest BCUT2D eigenvalue weighted by Gasteiger charge is -2.28. The van der Waals surface area contributed by atoms with Crippen LogP contribution in [0.1, 0.15) is 47.4 Å². The second-order valence-corrected chi connectivity index (χ2v) is 7.69. The minimum Gasteiger partial charge on any atom is -0.391 e. The number of halogens is 3. The van der Waals surface area contributed by atoms with E-state index in [4.69, 9.17) is 0 Å². The summed E-state index contributed by atoms with van der Waals surface area (Å²) in [5.41, 5.74) is -2.64. The number of amides is 1. The van der Waals surface area contributed by atoms with Gasteiger partial charge in [-0.2, -0.15) is 17.7 Å². The summed E-state index contributed by atoms with van der Waals surface area (Å²) in [6.45, 7) is 1.41. The number of aromatic amines is 1. The Balaban J connectivity index is 1.86. The molecular formula is C21H21F3N4O3. The number of aliphatic hydroxyl groups excluding tert-OH is 1. The van der Waals surface area contributed by atoms with Crippen molar-refractivity contribution in [2.75, 3.05) is 0 Å². The van der Waals surface area contributed by atoms with E-state index in [9.17, 15) is 27.9 Å². The predicted octanol–water partition coefficient (Wildman–Crippen LogP) is 3.05. The van der Waals surface area contributed by atoms with Gasteiger partial charge in [0.1, 0.15) is 11.3 Å². The maximum atomic E-state index is 13.7. The summed E-state index contributed by atoms with van der Waals surface area (Å²) in [4.78, 5) is 30.0. The van der Waals surface area contributed by atoms with Gasteiger partial charge < -0.3 is 10.4 Å². The fraction of sp³-hybridized carbons (Fsp3) is 0.381. The number of hydrogen-bond donors (Lipinski definition) is 3. The molecule has 1 saturated carbocycles. The van der Waals surface area contributed by atoms with Crippen LogP contribution < -0.4 is 10.9 Å². The fourth-order valence-electron chi connectivity index (χ4n) is 4.04. The van der Waals surface area contributed by atoms with Gasteiger partial charge >= 0.3 is 6.18 Å². The average Bonchev–Trinajstić information content (AvgIpc) is 3.10. The van der Waals surface area contributed by atoms with E-state index in [1.54, 1.807) is 18.2 Å². The quantitative estimate of drug-likeness (QED) is 0.590. The van der Waals surface area contributed by atoms with Crippen molar-refractivity contribution in [3.8, 4) is 11.1 Å². The average molecular weight is 434 g/mol. The van der Waals surface area contributed by atoms with Crippen molar-refractivity contribution < 1.29 is 23.1 Å². The van der Waals surface area contributed by atoms with E-state index in [0.29, 0.717) is 17.4 Å². The monoisotopic (exact) mass is 434 g/mol. The highest BCUT2D eigenvalue weighted by Crippen LogP contribution is 2.38. The zero-order valence-corrected chi connectivity index (χ0v) is 16.7. The lowest BCUT2D eigenvalue weighted by Crippen LogP contribution is -2.46. The number of nitrogens with one attached hydrogen (secondary N) is 2. The van der Waals surface area contributed by atoms with E-state index in [1.807, 2.05) is 0 Å². The minimum atomic E-state index is -4.77. The van der Waals surface area contributed by atoms with E-state index < -0.39 is 35.5 Å². The fourth-order valence-corrected chi connectivity index (χ4v) is 4.04. The molecule has 4 rings (SSSR count). The second kappa shape index (κ2) is 7.84. The Labute approximate surface area is 174 Å². The summed E-state index contributed by atoms with van der Waals surface area (Å²) in [6, 6.07) is 7.30. The molecule has 164 valence electrons. The first-order valence-corrected chi connectivity index (χ1v) is 9.95. The van der Waals surface area contributed by atoms with Crippen LogP contribution in [-0.4, -0.2) is 37.8 Å². The number of rotatable bonds is 3. The van der Waals surface area contributed by atoms with Gasteiger partial charge in [0.05, 0.1) is 23.4 Å². The molecule has 2 atom stereocenters. The van der Waals surface area contributed by atoms with Crippen molar-refractivity contribution >= 4 is 11.6 Å². The van der Waals surface area contributed by atoms with Crippen LogP contribution in [0.3, 0.4) is 0 Å². The number of hydrogen-bond acceptors (Lipinski definition) is 4. The summed E-state index contributed by atoms with van der Waals surface area (Å²) in [7, 11) is 0. The topological polar surface area (TPSA) is 99.5 Å². The van der Waals surface area contributed by atoms with Gasteiger partial charge in [-0.15, -0.1) is 0 Å². The number of H-pyrrole nitrogens is 1. The van der Waals surface area contributed by atoms with E-state index >= 15 is 0 Å². The SMILES string of the molecule is Cc1nc2c(-c3ccccc3)c(C(F)(F)F)[nH]n2c(=O)c1C(=O)N[C@H]1CCCC[C@H]1O. The standard InChI is InChI=1S/C21H21F3N4O3/c1-11-15(19(30)26-13-9-5-6-10-14(13)29)20(31)28-18(25-11)16(12-7-3-2-4-8-12)17(27-28)21(22,23)24/h2-4,7-8,13-14,27,29H,5-6,9-10H2,1H3,(H,26,30)/t13-,14+/m0/s1. The molecule has 0 radical (unpaired) electrons. The minimum absolute atomic E-state index is 0.0118. The molecule has 2 heterocycles. The molecule has 3 aromatic rings. The van der Waals surface area contributed by atoms with Gasteiger partial charge in [0.2, 0.25) is 0 Å².